The van der Waals surface area contributed by atoms with E-state index < -0.39 is 0 Å². The van der Waals surface area contributed by atoms with E-state index in [1.54, 1.807) is 7.11 Å². The van der Waals surface area contributed by atoms with E-state index >= 15 is 0 Å². The van der Waals surface area contributed by atoms with Crippen LogP contribution in [0.25, 0.3) is 0 Å². The Balaban J connectivity index is 4.16. The van der Waals surface area contributed by atoms with Crippen molar-refractivity contribution in [2.75, 3.05) is 40.0 Å². The molecule has 0 aromatic rings. The molecule has 0 N–H and O–H groups in total. The van der Waals surface area contributed by atoms with Crippen LogP contribution in [-0.4, -0.2) is 62.9 Å². The quantitative estimate of drug-likeness (QED) is 0.0533. The summed E-state index contributed by atoms with van der Waals surface area (Å²) in [7, 11) is 1.74. The summed E-state index contributed by atoms with van der Waals surface area (Å²) in [6.07, 6.45) is 28.1. The average Bonchev–Trinajstić information content (AvgIpc) is 3.00. The first-order valence-electron chi connectivity index (χ1n) is 18.6. The first-order chi connectivity index (χ1) is 21.1. The van der Waals surface area contributed by atoms with Crippen LogP contribution in [0.5, 0.6) is 0 Å². The molecule has 0 amide bonds. The molecule has 43 heavy (non-hydrogen) atoms. The maximum atomic E-state index is 12.6. The highest BCUT2D eigenvalue weighted by Crippen LogP contribution is 2.18. The van der Waals surface area contributed by atoms with Crippen molar-refractivity contribution >= 4 is 11.9 Å². The van der Waals surface area contributed by atoms with Gasteiger partial charge >= 0.3 is 11.9 Å². The number of esters is 2. The minimum atomic E-state index is -0.0718. The molecule has 0 spiro atoms. The number of nitrogens with zero attached hydrogens (tertiary/aromatic N) is 1. The first kappa shape index (κ1) is 41.9. The Morgan fingerprint density at radius 2 is 1.00 bits per heavy atom. The minimum absolute atomic E-state index is 0.0107. The van der Waals surface area contributed by atoms with Gasteiger partial charge in [0.25, 0.3) is 0 Å². The largest absolute Gasteiger partial charge is 0.466 e. The second-order valence-electron chi connectivity index (χ2n) is 12.6. The normalized spacial score (nSPS) is 11.5. The predicted molar refractivity (Wildman–Crippen MR) is 182 cm³/mol. The van der Waals surface area contributed by atoms with Crippen LogP contribution in [0.3, 0.4) is 0 Å². The van der Waals surface area contributed by atoms with Gasteiger partial charge in [-0.05, 0) is 64.5 Å². The summed E-state index contributed by atoms with van der Waals surface area (Å²) >= 11 is 0. The van der Waals surface area contributed by atoms with Crippen LogP contribution in [0.4, 0.5) is 0 Å². The van der Waals surface area contributed by atoms with E-state index in [9.17, 15) is 9.59 Å². The van der Waals surface area contributed by atoms with Gasteiger partial charge < -0.3 is 19.1 Å². The summed E-state index contributed by atoms with van der Waals surface area (Å²) in [5.74, 6) is -0.0611. The molecule has 0 aromatic carbocycles. The Morgan fingerprint density at radius 3 is 1.60 bits per heavy atom. The van der Waals surface area contributed by atoms with Crippen molar-refractivity contribution in [1.82, 2.24) is 4.90 Å². The Labute approximate surface area is 267 Å². The first-order valence-corrected chi connectivity index (χ1v) is 18.6. The van der Waals surface area contributed by atoms with Crippen LogP contribution in [-0.2, 0) is 23.8 Å². The van der Waals surface area contributed by atoms with E-state index in [0.29, 0.717) is 26.1 Å². The van der Waals surface area contributed by atoms with Crippen LogP contribution in [0.2, 0.25) is 0 Å². The van der Waals surface area contributed by atoms with Gasteiger partial charge in [-0.25, -0.2) is 0 Å². The van der Waals surface area contributed by atoms with E-state index in [1.807, 2.05) is 0 Å². The lowest BCUT2D eigenvalue weighted by Crippen LogP contribution is -2.30. The van der Waals surface area contributed by atoms with Crippen molar-refractivity contribution in [2.24, 2.45) is 0 Å². The zero-order chi connectivity index (χ0) is 31.6. The summed E-state index contributed by atoms with van der Waals surface area (Å²) in [6.45, 7) is 10.8. The topological polar surface area (TPSA) is 65.1 Å². The summed E-state index contributed by atoms with van der Waals surface area (Å²) in [5, 5.41) is 0. The molecular formula is C37H73NO5. The minimum Gasteiger partial charge on any atom is -0.466 e. The number of ether oxygens (including phenoxy) is 3. The third-order valence-electron chi connectivity index (χ3n) is 8.39. The van der Waals surface area contributed by atoms with Gasteiger partial charge in [0.2, 0.25) is 0 Å². The molecule has 256 valence electrons. The van der Waals surface area contributed by atoms with Crippen molar-refractivity contribution in [2.45, 2.75) is 187 Å². The van der Waals surface area contributed by atoms with Gasteiger partial charge in [0, 0.05) is 26.5 Å². The molecule has 0 unspecified atom stereocenters. The molecule has 0 saturated heterocycles. The molecule has 6 heteroatoms. The Bertz CT molecular complexity index is 584. The van der Waals surface area contributed by atoms with E-state index in [1.165, 1.54) is 77.0 Å². The van der Waals surface area contributed by atoms with Crippen molar-refractivity contribution in [3.8, 4) is 0 Å². The molecule has 0 heterocycles. The molecule has 0 aliphatic rings. The molecule has 6 nitrogen and oxygen atoms in total. The predicted octanol–water partition coefficient (Wildman–Crippen LogP) is 10.2. The van der Waals surface area contributed by atoms with E-state index in [0.717, 1.165) is 90.3 Å². The number of carbonyl (C=O) groups is 2. The van der Waals surface area contributed by atoms with Crippen LogP contribution < -0.4 is 0 Å². The maximum absolute atomic E-state index is 12.6. The number of methoxy groups -OCH3 is 1. The molecule has 0 atom stereocenters. The summed E-state index contributed by atoms with van der Waals surface area (Å²) < 4.78 is 16.6. The summed E-state index contributed by atoms with van der Waals surface area (Å²) in [6, 6.07) is 0. The lowest BCUT2D eigenvalue weighted by atomic mass is 10.0. The molecule has 0 aliphatic carbocycles. The van der Waals surface area contributed by atoms with E-state index in [-0.39, 0.29) is 18.0 Å². The number of carbonyl (C=O) groups excluding carboxylic acids is 2. The highest BCUT2D eigenvalue weighted by Gasteiger charge is 2.14. The van der Waals surface area contributed by atoms with E-state index in [2.05, 4.69) is 25.7 Å². The van der Waals surface area contributed by atoms with Crippen LogP contribution in [0.1, 0.15) is 181 Å². The SMILES string of the molecule is CCCCCCCCC(CCCCCCCC)OC(=O)CCCCCCCN(CCCC(=O)OCCCCC)CCOC. The molecule has 0 fully saturated rings. The van der Waals surface area contributed by atoms with Gasteiger partial charge in [0.15, 0.2) is 0 Å². The molecule has 0 radical (unpaired) electrons. The van der Waals surface area contributed by atoms with Crippen molar-refractivity contribution in [1.29, 1.82) is 0 Å². The Hall–Kier alpha value is -1.14. The monoisotopic (exact) mass is 612 g/mol. The lowest BCUT2D eigenvalue weighted by Gasteiger charge is -2.21. The smallest absolute Gasteiger partial charge is 0.306 e. The number of hydrogen-bond acceptors (Lipinski definition) is 6. The molecular weight excluding hydrogens is 538 g/mol. The van der Waals surface area contributed by atoms with Crippen molar-refractivity contribution in [3.63, 3.8) is 0 Å². The standard InChI is InChI=1S/C37H73NO5/c1-5-8-11-13-16-20-26-35(27-21-17-14-12-9-6-2)43-37(40)28-22-18-15-19-23-30-38(32-34-41-4)31-25-29-36(39)42-33-24-10-7-3/h35H,5-34H2,1-4H3. The van der Waals surface area contributed by atoms with E-state index in [4.69, 9.17) is 14.2 Å². The number of hydrogen-bond donors (Lipinski definition) is 0. The zero-order valence-corrected chi connectivity index (χ0v) is 29.3. The third kappa shape index (κ3) is 30.7. The summed E-state index contributed by atoms with van der Waals surface area (Å²) in [4.78, 5) is 27.0. The average molecular weight is 612 g/mol. The highest BCUT2D eigenvalue weighted by atomic mass is 16.5. The molecule has 0 aromatic heterocycles. The van der Waals surface area contributed by atoms with Crippen LogP contribution >= 0.6 is 0 Å². The van der Waals surface area contributed by atoms with Crippen molar-refractivity contribution < 1.29 is 23.8 Å². The third-order valence-corrected chi connectivity index (χ3v) is 8.39. The molecule has 0 rings (SSSR count). The van der Waals surface area contributed by atoms with Crippen LogP contribution in [0.15, 0.2) is 0 Å². The second-order valence-corrected chi connectivity index (χ2v) is 12.6. The second kappa shape index (κ2) is 33.7. The zero-order valence-electron chi connectivity index (χ0n) is 29.3. The fraction of sp³-hybridized carbons (Fsp3) is 0.946. The molecule has 0 aliphatic heterocycles. The maximum Gasteiger partial charge on any atom is 0.306 e. The van der Waals surface area contributed by atoms with Gasteiger partial charge in [0.1, 0.15) is 6.10 Å². The van der Waals surface area contributed by atoms with Gasteiger partial charge in [-0.2, -0.15) is 0 Å². The Kier molecular flexibility index (Phi) is 32.9. The lowest BCUT2D eigenvalue weighted by molar-refractivity contribution is -0.150. The van der Waals surface area contributed by atoms with Gasteiger partial charge in [-0.15, -0.1) is 0 Å². The van der Waals surface area contributed by atoms with Gasteiger partial charge in [-0.1, -0.05) is 117 Å². The number of unbranched alkanes of at least 4 members (excludes halogenated alkanes) is 16. The van der Waals surface area contributed by atoms with Gasteiger partial charge in [0.05, 0.1) is 13.2 Å². The fourth-order valence-corrected chi connectivity index (χ4v) is 5.56. The number of rotatable bonds is 34. The fourth-order valence-electron chi connectivity index (χ4n) is 5.56. The molecule has 0 bridgehead atoms. The van der Waals surface area contributed by atoms with Gasteiger partial charge in [-0.3, -0.25) is 9.59 Å². The van der Waals surface area contributed by atoms with Crippen molar-refractivity contribution in [3.05, 3.63) is 0 Å². The van der Waals surface area contributed by atoms with Crippen LogP contribution in [0, 0.1) is 0 Å². The molecule has 0 saturated carbocycles. The Morgan fingerprint density at radius 1 is 0.512 bits per heavy atom. The summed E-state index contributed by atoms with van der Waals surface area (Å²) in [5.41, 5.74) is 0. The highest BCUT2D eigenvalue weighted by molar-refractivity contribution is 5.69.